The summed E-state index contributed by atoms with van der Waals surface area (Å²) >= 11 is 11.6. The third kappa shape index (κ3) is 2.18. The highest BCUT2D eigenvalue weighted by Gasteiger charge is 2.17. The second kappa shape index (κ2) is 4.99. The second-order valence-electron chi connectivity index (χ2n) is 4.61. The van der Waals surface area contributed by atoms with Gasteiger partial charge in [0.25, 0.3) is 0 Å². The molecule has 3 rings (SSSR count). The topological polar surface area (TPSA) is 42.8 Å². The van der Waals surface area contributed by atoms with Gasteiger partial charge >= 0.3 is 0 Å². The number of halogens is 1. The Bertz CT molecular complexity index is 615. The molecule has 0 amide bonds. The van der Waals surface area contributed by atoms with Crippen LogP contribution in [-0.2, 0) is 11.3 Å². The van der Waals surface area contributed by atoms with Gasteiger partial charge in [0.05, 0.1) is 22.3 Å². The maximum Gasteiger partial charge on any atom is 0.178 e. The Morgan fingerprint density at radius 3 is 3.00 bits per heavy atom. The Balaban J connectivity index is 2.00. The van der Waals surface area contributed by atoms with Crippen molar-refractivity contribution in [1.29, 1.82) is 0 Å². The van der Waals surface area contributed by atoms with Crippen LogP contribution in [0.2, 0.25) is 5.02 Å². The highest BCUT2D eigenvalue weighted by Crippen LogP contribution is 2.25. The molecule has 0 spiro atoms. The molecule has 6 heteroatoms. The van der Waals surface area contributed by atoms with Crippen molar-refractivity contribution < 1.29 is 4.74 Å². The van der Waals surface area contributed by atoms with E-state index < -0.39 is 0 Å². The van der Waals surface area contributed by atoms with Crippen molar-refractivity contribution in [2.75, 3.05) is 13.2 Å². The first kappa shape index (κ1) is 12.1. The minimum absolute atomic E-state index is 0.605. The number of pyridine rings is 1. The van der Waals surface area contributed by atoms with Crippen LogP contribution in [-0.4, -0.2) is 27.7 Å². The van der Waals surface area contributed by atoms with E-state index in [0.717, 1.165) is 43.6 Å². The Morgan fingerprint density at radius 2 is 2.22 bits per heavy atom. The summed E-state index contributed by atoms with van der Waals surface area (Å²) < 4.78 is 8.18. The van der Waals surface area contributed by atoms with Gasteiger partial charge in [0, 0.05) is 26.0 Å². The molecule has 0 unspecified atom stereocenters. The Labute approximate surface area is 115 Å². The first-order valence-electron chi connectivity index (χ1n) is 6.05. The van der Waals surface area contributed by atoms with Crippen molar-refractivity contribution >= 4 is 34.9 Å². The van der Waals surface area contributed by atoms with E-state index in [2.05, 4.69) is 14.5 Å². The van der Waals surface area contributed by atoms with Gasteiger partial charge in [0.1, 0.15) is 0 Å². The van der Waals surface area contributed by atoms with Crippen molar-refractivity contribution in [3.8, 4) is 0 Å². The molecule has 3 heterocycles. The summed E-state index contributed by atoms with van der Waals surface area (Å²) in [5, 5.41) is 0.645. The van der Waals surface area contributed by atoms with Gasteiger partial charge in [-0.25, -0.2) is 0 Å². The number of aromatic nitrogens is 3. The number of fused-ring (bicyclic) bond motifs is 1. The molecule has 1 saturated heterocycles. The summed E-state index contributed by atoms with van der Waals surface area (Å²) in [6.45, 7) is 2.58. The fourth-order valence-electron chi connectivity index (χ4n) is 2.44. The van der Waals surface area contributed by atoms with Crippen LogP contribution in [0.5, 0.6) is 0 Å². The Hall–Kier alpha value is -0.910. The molecule has 0 aromatic carbocycles. The molecule has 1 fully saturated rings. The lowest BCUT2D eigenvalue weighted by Gasteiger charge is -2.22. The van der Waals surface area contributed by atoms with Crippen molar-refractivity contribution in [3.05, 3.63) is 22.2 Å². The molecule has 0 bridgehead atoms. The van der Waals surface area contributed by atoms with Gasteiger partial charge in [0.15, 0.2) is 4.77 Å². The van der Waals surface area contributed by atoms with E-state index in [1.807, 2.05) is 0 Å². The Morgan fingerprint density at radius 1 is 1.44 bits per heavy atom. The monoisotopic (exact) mass is 283 g/mol. The van der Waals surface area contributed by atoms with Crippen molar-refractivity contribution in [1.82, 2.24) is 14.5 Å². The molecule has 2 aromatic rings. The summed E-state index contributed by atoms with van der Waals surface area (Å²) in [6, 6.07) is 0. The lowest BCUT2D eigenvalue weighted by Crippen LogP contribution is -2.20. The molecule has 18 heavy (non-hydrogen) atoms. The number of rotatable bonds is 2. The minimum atomic E-state index is 0.605. The average Bonchev–Trinajstić information content (AvgIpc) is 2.69. The largest absolute Gasteiger partial charge is 0.381 e. The third-order valence-electron chi connectivity index (χ3n) is 3.41. The molecule has 0 atom stereocenters. The zero-order valence-electron chi connectivity index (χ0n) is 9.86. The van der Waals surface area contributed by atoms with Gasteiger partial charge in [-0.2, -0.15) is 0 Å². The molecule has 4 nitrogen and oxygen atoms in total. The highest BCUT2D eigenvalue weighted by molar-refractivity contribution is 7.71. The first-order chi connectivity index (χ1) is 8.75. The molecule has 0 radical (unpaired) electrons. The van der Waals surface area contributed by atoms with Gasteiger partial charge in [-0.15, -0.1) is 0 Å². The van der Waals surface area contributed by atoms with Crippen molar-refractivity contribution in [2.24, 2.45) is 5.92 Å². The van der Waals surface area contributed by atoms with E-state index in [1.165, 1.54) is 0 Å². The fourth-order valence-corrected chi connectivity index (χ4v) is 2.98. The molecule has 1 aliphatic heterocycles. The van der Waals surface area contributed by atoms with Crippen molar-refractivity contribution in [3.63, 3.8) is 0 Å². The average molecular weight is 284 g/mol. The zero-order chi connectivity index (χ0) is 12.5. The number of ether oxygens (including phenoxy) is 1. The molecule has 1 N–H and O–H groups in total. The number of hydrogen-bond donors (Lipinski definition) is 1. The summed E-state index contributed by atoms with van der Waals surface area (Å²) in [7, 11) is 0. The van der Waals surface area contributed by atoms with Crippen LogP contribution in [0.25, 0.3) is 11.0 Å². The van der Waals surface area contributed by atoms with Crippen LogP contribution in [0.4, 0.5) is 0 Å². The number of H-pyrrole nitrogens is 1. The van der Waals surface area contributed by atoms with Crippen molar-refractivity contribution in [2.45, 2.75) is 19.4 Å². The van der Waals surface area contributed by atoms with Gasteiger partial charge in [-0.3, -0.25) is 4.98 Å². The van der Waals surface area contributed by atoms with Crippen LogP contribution in [0.1, 0.15) is 12.8 Å². The van der Waals surface area contributed by atoms with Crippen LogP contribution < -0.4 is 0 Å². The summed E-state index contributed by atoms with van der Waals surface area (Å²) in [4.78, 5) is 7.23. The first-order valence-corrected chi connectivity index (χ1v) is 6.84. The lowest BCUT2D eigenvalue weighted by atomic mass is 10.0. The molecule has 96 valence electrons. The second-order valence-corrected chi connectivity index (χ2v) is 5.41. The molecule has 1 aliphatic rings. The SMILES string of the molecule is S=c1[nH]c2cncc(Cl)c2n1CC1CCOCC1. The number of hydrogen-bond acceptors (Lipinski definition) is 3. The van der Waals surface area contributed by atoms with E-state index in [0.29, 0.717) is 15.7 Å². The number of aromatic amines is 1. The number of nitrogens with one attached hydrogen (secondary N) is 1. The van der Waals surface area contributed by atoms with Crippen LogP contribution >= 0.6 is 23.8 Å². The van der Waals surface area contributed by atoms with E-state index >= 15 is 0 Å². The standard InChI is InChI=1S/C12H14ClN3OS/c13-9-5-14-6-10-11(9)16(12(18)15-10)7-8-1-3-17-4-2-8/h5-6,8H,1-4,7H2,(H,15,18). The molecule has 0 aliphatic carbocycles. The maximum atomic E-state index is 6.22. The third-order valence-corrected chi connectivity index (χ3v) is 4.01. The van der Waals surface area contributed by atoms with E-state index in [4.69, 9.17) is 28.6 Å². The molecule has 2 aromatic heterocycles. The molecular weight excluding hydrogens is 270 g/mol. The van der Waals surface area contributed by atoms with Gasteiger partial charge in [-0.1, -0.05) is 11.6 Å². The normalized spacial score (nSPS) is 17.4. The van der Waals surface area contributed by atoms with Crippen LogP contribution in [0, 0.1) is 10.7 Å². The van der Waals surface area contributed by atoms with Gasteiger partial charge in [-0.05, 0) is 31.0 Å². The van der Waals surface area contributed by atoms with E-state index in [9.17, 15) is 0 Å². The maximum absolute atomic E-state index is 6.22. The molecular formula is C12H14ClN3OS. The van der Waals surface area contributed by atoms with Gasteiger partial charge in [0.2, 0.25) is 0 Å². The Kier molecular flexibility index (Phi) is 3.37. The van der Waals surface area contributed by atoms with Gasteiger partial charge < -0.3 is 14.3 Å². The minimum Gasteiger partial charge on any atom is -0.381 e. The van der Waals surface area contributed by atoms with E-state index in [1.54, 1.807) is 12.4 Å². The zero-order valence-corrected chi connectivity index (χ0v) is 11.4. The highest BCUT2D eigenvalue weighted by atomic mass is 35.5. The number of nitrogens with zero attached hydrogens (tertiary/aromatic N) is 2. The quantitative estimate of drug-likeness (QED) is 0.861. The predicted octanol–water partition coefficient (Wildman–Crippen LogP) is 3.17. The summed E-state index contributed by atoms with van der Waals surface area (Å²) in [5.41, 5.74) is 1.86. The van der Waals surface area contributed by atoms with Crippen LogP contribution in [0.3, 0.4) is 0 Å². The van der Waals surface area contributed by atoms with Crippen LogP contribution in [0.15, 0.2) is 12.4 Å². The summed E-state index contributed by atoms with van der Waals surface area (Å²) in [6.07, 6.45) is 5.58. The lowest BCUT2D eigenvalue weighted by molar-refractivity contribution is 0.0615. The fraction of sp³-hybridized carbons (Fsp3) is 0.500. The predicted molar refractivity (Wildman–Crippen MR) is 73.5 cm³/mol. The molecule has 0 saturated carbocycles. The summed E-state index contributed by atoms with van der Waals surface area (Å²) in [5.74, 6) is 0.605. The number of imidazole rings is 1. The van der Waals surface area contributed by atoms with E-state index in [-0.39, 0.29) is 0 Å². The smallest absolute Gasteiger partial charge is 0.178 e.